The summed E-state index contributed by atoms with van der Waals surface area (Å²) in [5.74, 6) is 1.92. The molecule has 1 heterocycles. The molecule has 0 amide bonds. The summed E-state index contributed by atoms with van der Waals surface area (Å²) in [7, 11) is 0. The Balaban J connectivity index is 1.76. The van der Waals surface area contributed by atoms with Gasteiger partial charge in [-0.3, -0.25) is 0 Å². The molecule has 2 rings (SSSR count). The second-order valence-corrected chi connectivity index (χ2v) is 6.81. The maximum absolute atomic E-state index is 3.61. The summed E-state index contributed by atoms with van der Waals surface area (Å²) in [6, 6.07) is 1.62. The van der Waals surface area contributed by atoms with Crippen molar-refractivity contribution in [3.63, 3.8) is 0 Å². The van der Waals surface area contributed by atoms with Crippen molar-refractivity contribution >= 4 is 0 Å². The molecule has 0 aromatic heterocycles. The largest absolute Gasteiger partial charge is 0.314 e. The molecule has 1 saturated heterocycles. The van der Waals surface area contributed by atoms with Gasteiger partial charge in [0.15, 0.2) is 0 Å². The normalized spacial score (nSPS) is 32.4. The van der Waals surface area contributed by atoms with Gasteiger partial charge < -0.3 is 10.2 Å². The molecule has 2 nitrogen and oxygen atoms in total. The molecule has 19 heavy (non-hydrogen) atoms. The Morgan fingerprint density at radius 2 is 1.84 bits per heavy atom. The lowest BCUT2D eigenvalue weighted by Gasteiger charge is -2.42. The highest BCUT2D eigenvalue weighted by atomic mass is 15.2. The summed E-state index contributed by atoms with van der Waals surface area (Å²) in [5.41, 5.74) is 0. The molecule has 1 saturated carbocycles. The quantitative estimate of drug-likeness (QED) is 0.817. The zero-order valence-corrected chi connectivity index (χ0v) is 13.3. The topological polar surface area (TPSA) is 15.3 Å². The molecule has 0 bridgehead atoms. The summed E-state index contributed by atoms with van der Waals surface area (Å²) >= 11 is 0. The predicted octanol–water partition coefficient (Wildman–Crippen LogP) is 3.67. The minimum atomic E-state index is 0.710. The Morgan fingerprint density at radius 1 is 1.11 bits per heavy atom. The average Bonchev–Trinajstić information content (AvgIpc) is 2.48. The van der Waals surface area contributed by atoms with Gasteiger partial charge in [0, 0.05) is 12.1 Å². The highest BCUT2D eigenvalue weighted by molar-refractivity contribution is 4.85. The maximum Gasteiger partial charge on any atom is 0.00978 e. The van der Waals surface area contributed by atoms with E-state index in [9.17, 15) is 0 Å². The Hall–Kier alpha value is -0.0800. The van der Waals surface area contributed by atoms with Crippen molar-refractivity contribution in [1.82, 2.24) is 10.2 Å². The second-order valence-electron chi connectivity index (χ2n) is 6.81. The molecule has 2 fully saturated rings. The van der Waals surface area contributed by atoms with Gasteiger partial charge in [0.2, 0.25) is 0 Å². The van der Waals surface area contributed by atoms with Crippen LogP contribution in [0.4, 0.5) is 0 Å². The first-order chi connectivity index (χ1) is 9.24. The van der Waals surface area contributed by atoms with Crippen LogP contribution < -0.4 is 5.32 Å². The van der Waals surface area contributed by atoms with E-state index in [4.69, 9.17) is 0 Å². The van der Waals surface area contributed by atoms with Crippen molar-refractivity contribution in [2.24, 2.45) is 11.8 Å². The molecule has 0 aromatic rings. The van der Waals surface area contributed by atoms with E-state index in [1.54, 1.807) is 0 Å². The van der Waals surface area contributed by atoms with E-state index in [0.29, 0.717) is 6.04 Å². The van der Waals surface area contributed by atoms with Crippen LogP contribution in [0, 0.1) is 11.8 Å². The first-order valence-electron chi connectivity index (χ1n) is 8.72. The molecule has 2 aliphatic rings. The molecule has 0 radical (unpaired) electrons. The Kier molecular flexibility index (Phi) is 6.15. The van der Waals surface area contributed by atoms with Gasteiger partial charge in [-0.15, -0.1) is 0 Å². The first-order valence-corrected chi connectivity index (χ1v) is 8.72. The molecule has 0 spiro atoms. The highest BCUT2D eigenvalue weighted by Crippen LogP contribution is 2.32. The lowest BCUT2D eigenvalue weighted by atomic mass is 9.82. The number of likely N-dealkylation sites (tertiary alicyclic amines) is 1. The van der Waals surface area contributed by atoms with Crippen LogP contribution in [0.15, 0.2) is 0 Å². The van der Waals surface area contributed by atoms with Gasteiger partial charge in [0.1, 0.15) is 0 Å². The van der Waals surface area contributed by atoms with Crippen molar-refractivity contribution in [1.29, 1.82) is 0 Å². The van der Waals surface area contributed by atoms with Crippen LogP contribution in [0.2, 0.25) is 0 Å². The molecule has 2 heteroatoms. The van der Waals surface area contributed by atoms with Crippen LogP contribution in [0.1, 0.15) is 65.7 Å². The van der Waals surface area contributed by atoms with Crippen LogP contribution in [-0.4, -0.2) is 36.6 Å². The molecule has 3 atom stereocenters. The van der Waals surface area contributed by atoms with Crippen LogP contribution >= 0.6 is 0 Å². The van der Waals surface area contributed by atoms with E-state index in [-0.39, 0.29) is 0 Å². The van der Waals surface area contributed by atoms with E-state index in [1.165, 1.54) is 58.0 Å². The molecule has 1 aliphatic heterocycles. The van der Waals surface area contributed by atoms with Crippen LogP contribution in [0.3, 0.4) is 0 Å². The third-order valence-corrected chi connectivity index (χ3v) is 5.66. The smallest absolute Gasteiger partial charge is 0.00978 e. The van der Waals surface area contributed by atoms with Crippen molar-refractivity contribution < 1.29 is 0 Å². The van der Waals surface area contributed by atoms with Gasteiger partial charge in [0.25, 0.3) is 0 Å². The van der Waals surface area contributed by atoms with Gasteiger partial charge in [-0.2, -0.15) is 0 Å². The standard InChI is InChI=1S/C17H34N2/c1-4-15-7-6-8-17(13-15)19-11-9-16(10-12-19)14(3)18-5-2/h14-18H,4-13H2,1-3H3. The fraction of sp³-hybridized carbons (Fsp3) is 1.00. The molecule has 1 N–H and O–H groups in total. The third-order valence-electron chi connectivity index (χ3n) is 5.66. The number of rotatable bonds is 5. The maximum atomic E-state index is 3.61. The number of piperidine rings is 1. The van der Waals surface area contributed by atoms with E-state index >= 15 is 0 Å². The fourth-order valence-electron chi connectivity index (χ4n) is 4.24. The summed E-state index contributed by atoms with van der Waals surface area (Å²) in [4.78, 5) is 2.82. The summed E-state index contributed by atoms with van der Waals surface area (Å²) < 4.78 is 0. The van der Waals surface area contributed by atoms with Crippen LogP contribution in [-0.2, 0) is 0 Å². The molecule has 1 aliphatic carbocycles. The fourth-order valence-corrected chi connectivity index (χ4v) is 4.24. The van der Waals surface area contributed by atoms with Crippen molar-refractivity contribution in [2.75, 3.05) is 19.6 Å². The average molecular weight is 266 g/mol. The molecule has 112 valence electrons. The van der Waals surface area contributed by atoms with Gasteiger partial charge in [-0.1, -0.05) is 33.1 Å². The first kappa shape index (κ1) is 15.3. The lowest BCUT2D eigenvalue weighted by molar-refractivity contribution is 0.0810. The van der Waals surface area contributed by atoms with E-state index in [0.717, 1.165) is 24.4 Å². The molecule has 3 unspecified atom stereocenters. The lowest BCUT2D eigenvalue weighted by Crippen LogP contribution is -2.47. The zero-order valence-electron chi connectivity index (χ0n) is 13.3. The number of nitrogens with one attached hydrogen (secondary N) is 1. The van der Waals surface area contributed by atoms with Crippen molar-refractivity contribution in [3.05, 3.63) is 0 Å². The van der Waals surface area contributed by atoms with Crippen molar-refractivity contribution in [3.8, 4) is 0 Å². The van der Waals surface area contributed by atoms with E-state index in [2.05, 4.69) is 31.0 Å². The van der Waals surface area contributed by atoms with Gasteiger partial charge in [0.05, 0.1) is 0 Å². The Labute approximate surface area is 120 Å². The summed E-state index contributed by atoms with van der Waals surface area (Å²) in [6.07, 6.45) is 10.1. The van der Waals surface area contributed by atoms with E-state index < -0.39 is 0 Å². The van der Waals surface area contributed by atoms with Crippen LogP contribution in [0.25, 0.3) is 0 Å². The van der Waals surface area contributed by atoms with Crippen molar-refractivity contribution in [2.45, 2.75) is 77.8 Å². The number of hydrogen-bond donors (Lipinski definition) is 1. The SMILES string of the molecule is CCNC(C)C1CCN(C2CCCC(CC)C2)CC1. The monoisotopic (exact) mass is 266 g/mol. The molecular formula is C17H34N2. The van der Waals surface area contributed by atoms with E-state index in [1.807, 2.05) is 0 Å². The molecule has 0 aromatic carbocycles. The predicted molar refractivity (Wildman–Crippen MR) is 83.5 cm³/mol. The minimum absolute atomic E-state index is 0.710. The summed E-state index contributed by atoms with van der Waals surface area (Å²) in [5, 5.41) is 3.61. The zero-order chi connectivity index (χ0) is 13.7. The van der Waals surface area contributed by atoms with Gasteiger partial charge >= 0.3 is 0 Å². The Bertz CT molecular complexity index is 246. The van der Waals surface area contributed by atoms with Crippen LogP contribution in [0.5, 0.6) is 0 Å². The Morgan fingerprint density at radius 3 is 2.47 bits per heavy atom. The number of nitrogens with zero attached hydrogens (tertiary/aromatic N) is 1. The van der Waals surface area contributed by atoms with Gasteiger partial charge in [-0.25, -0.2) is 0 Å². The highest BCUT2D eigenvalue weighted by Gasteiger charge is 2.30. The number of hydrogen-bond acceptors (Lipinski definition) is 2. The summed E-state index contributed by atoms with van der Waals surface area (Å²) in [6.45, 7) is 10.8. The second kappa shape index (κ2) is 7.64. The van der Waals surface area contributed by atoms with Gasteiger partial charge in [-0.05, 0) is 64.1 Å². The molecular weight excluding hydrogens is 232 g/mol. The third kappa shape index (κ3) is 4.19. The minimum Gasteiger partial charge on any atom is -0.314 e.